The van der Waals surface area contributed by atoms with Crippen molar-refractivity contribution in [2.75, 3.05) is 17.7 Å². The summed E-state index contributed by atoms with van der Waals surface area (Å²) in [7, 11) is 0. The van der Waals surface area contributed by atoms with Crippen molar-refractivity contribution in [2.45, 2.75) is 6.92 Å². The average molecular weight is 326 g/mol. The lowest BCUT2D eigenvalue weighted by molar-refractivity contribution is -0.119. The second-order valence-electron chi connectivity index (χ2n) is 4.15. The van der Waals surface area contributed by atoms with Crippen molar-refractivity contribution in [3.63, 3.8) is 0 Å². The highest BCUT2D eigenvalue weighted by atomic mass is 35.5. The van der Waals surface area contributed by atoms with Gasteiger partial charge < -0.3 is 10.5 Å². The number of ether oxygens (including phenoxy) is 1. The van der Waals surface area contributed by atoms with Crippen molar-refractivity contribution in [1.82, 2.24) is 4.98 Å². The molecule has 1 aromatic heterocycles. The van der Waals surface area contributed by atoms with Gasteiger partial charge in [-0.3, -0.25) is 10.1 Å². The quantitative estimate of drug-likeness (QED) is 0.665. The summed E-state index contributed by atoms with van der Waals surface area (Å²) in [6, 6.07) is 4.36. The van der Waals surface area contributed by atoms with E-state index in [0.29, 0.717) is 10.2 Å². The molecular weight excluding hydrogens is 314 g/mol. The molecule has 0 radical (unpaired) electrons. The molecule has 2 aromatic rings. The molecule has 0 aliphatic heterocycles. The van der Waals surface area contributed by atoms with Gasteiger partial charge in [-0.15, -0.1) is 11.3 Å². The lowest BCUT2D eigenvalue weighted by Crippen LogP contribution is -2.20. The number of nitrogen functional groups attached to an aromatic ring is 1. The summed E-state index contributed by atoms with van der Waals surface area (Å²) in [5.74, 6) is -1.11. The number of rotatable bonds is 4. The molecular formula is C13H12ClN3O3S. The summed E-state index contributed by atoms with van der Waals surface area (Å²) in [4.78, 5) is 27.4. The fraction of sp³-hybridized carbons (Fsp3) is 0.154. The number of carbonyl (C=O) groups is 2. The number of carbonyl (C=O) groups excluding carboxylic acids is 2. The number of thiazole rings is 1. The van der Waals surface area contributed by atoms with Gasteiger partial charge in [0.15, 0.2) is 11.7 Å². The third kappa shape index (κ3) is 4.17. The van der Waals surface area contributed by atoms with Crippen molar-refractivity contribution >= 4 is 45.6 Å². The van der Waals surface area contributed by atoms with Crippen molar-refractivity contribution < 1.29 is 14.3 Å². The van der Waals surface area contributed by atoms with Crippen molar-refractivity contribution in [1.29, 1.82) is 0 Å². The Balaban J connectivity index is 1.88. The van der Waals surface area contributed by atoms with Crippen LogP contribution in [-0.2, 0) is 9.53 Å². The zero-order valence-corrected chi connectivity index (χ0v) is 12.6. The molecule has 2 rings (SSSR count). The van der Waals surface area contributed by atoms with Gasteiger partial charge in [-0.05, 0) is 25.1 Å². The van der Waals surface area contributed by atoms with Crippen LogP contribution in [0.5, 0.6) is 0 Å². The summed E-state index contributed by atoms with van der Waals surface area (Å²) < 4.78 is 4.89. The van der Waals surface area contributed by atoms with Crippen LogP contribution in [0, 0.1) is 6.92 Å². The number of benzene rings is 1. The first-order valence-electron chi connectivity index (χ1n) is 5.90. The number of hydrogen-bond acceptors (Lipinski definition) is 6. The number of nitrogens with zero attached hydrogens (tertiary/aromatic N) is 1. The molecule has 0 aliphatic rings. The van der Waals surface area contributed by atoms with Gasteiger partial charge in [0.1, 0.15) is 0 Å². The van der Waals surface area contributed by atoms with Crippen LogP contribution >= 0.6 is 22.9 Å². The summed E-state index contributed by atoms with van der Waals surface area (Å²) in [6.07, 6.45) is 0. The molecule has 8 heteroatoms. The summed E-state index contributed by atoms with van der Waals surface area (Å²) in [5, 5.41) is 5.15. The Bertz CT molecular complexity index is 687. The number of esters is 1. The molecule has 0 spiro atoms. The molecule has 0 saturated heterocycles. The third-order valence-corrected chi connectivity index (χ3v) is 3.65. The van der Waals surface area contributed by atoms with Crippen LogP contribution in [0.1, 0.15) is 16.1 Å². The van der Waals surface area contributed by atoms with Gasteiger partial charge in [-0.2, -0.15) is 0 Å². The molecule has 1 heterocycles. The summed E-state index contributed by atoms with van der Waals surface area (Å²) in [5.41, 5.74) is 6.91. The second-order valence-corrected chi connectivity index (χ2v) is 5.42. The Morgan fingerprint density at radius 2 is 2.24 bits per heavy atom. The van der Waals surface area contributed by atoms with Crippen LogP contribution in [0.3, 0.4) is 0 Å². The van der Waals surface area contributed by atoms with E-state index in [4.69, 9.17) is 22.1 Å². The molecule has 0 saturated carbocycles. The highest BCUT2D eigenvalue weighted by Gasteiger charge is 2.12. The van der Waals surface area contributed by atoms with Crippen molar-refractivity contribution in [2.24, 2.45) is 0 Å². The number of aromatic nitrogens is 1. The van der Waals surface area contributed by atoms with E-state index in [1.807, 2.05) is 6.92 Å². The molecule has 1 aromatic carbocycles. The number of aryl methyl sites for hydroxylation is 1. The molecule has 0 bridgehead atoms. The molecule has 1 amide bonds. The van der Waals surface area contributed by atoms with Crippen LogP contribution in [0.4, 0.5) is 10.8 Å². The normalized spacial score (nSPS) is 10.2. The number of anilines is 2. The topological polar surface area (TPSA) is 94.3 Å². The first-order valence-corrected chi connectivity index (χ1v) is 7.15. The number of halogens is 1. The van der Waals surface area contributed by atoms with Crippen LogP contribution in [0.25, 0.3) is 0 Å². The van der Waals surface area contributed by atoms with Gasteiger partial charge in [0.25, 0.3) is 5.91 Å². The number of hydrogen-bond donors (Lipinski definition) is 2. The Hall–Kier alpha value is -2.12. The van der Waals surface area contributed by atoms with E-state index in [1.54, 1.807) is 5.38 Å². The Morgan fingerprint density at radius 3 is 2.86 bits per heavy atom. The molecule has 0 aliphatic carbocycles. The largest absolute Gasteiger partial charge is 0.452 e. The molecule has 3 N–H and O–H groups in total. The minimum atomic E-state index is -0.649. The van der Waals surface area contributed by atoms with E-state index >= 15 is 0 Å². The Kier molecular flexibility index (Phi) is 4.77. The fourth-order valence-electron chi connectivity index (χ4n) is 1.45. The van der Waals surface area contributed by atoms with Gasteiger partial charge in [0.2, 0.25) is 0 Å². The minimum absolute atomic E-state index is 0.231. The smallest absolute Gasteiger partial charge is 0.338 e. The first-order chi connectivity index (χ1) is 9.95. The van der Waals surface area contributed by atoms with Gasteiger partial charge >= 0.3 is 5.97 Å². The first kappa shape index (κ1) is 15.3. The maximum absolute atomic E-state index is 11.8. The van der Waals surface area contributed by atoms with Crippen LogP contribution in [0.2, 0.25) is 5.02 Å². The highest BCUT2D eigenvalue weighted by Crippen LogP contribution is 2.20. The molecule has 110 valence electrons. The van der Waals surface area contributed by atoms with Crippen LogP contribution in [-0.4, -0.2) is 23.5 Å². The molecule has 0 fully saturated rings. The maximum Gasteiger partial charge on any atom is 0.338 e. The summed E-state index contributed by atoms with van der Waals surface area (Å²) in [6.45, 7) is 1.41. The van der Waals surface area contributed by atoms with Gasteiger partial charge in [-0.25, -0.2) is 9.78 Å². The van der Waals surface area contributed by atoms with Crippen LogP contribution < -0.4 is 11.1 Å². The second kappa shape index (κ2) is 6.55. The van der Waals surface area contributed by atoms with E-state index in [0.717, 1.165) is 5.69 Å². The monoisotopic (exact) mass is 325 g/mol. The fourth-order valence-corrected chi connectivity index (χ4v) is 2.27. The lowest BCUT2D eigenvalue weighted by Gasteiger charge is -2.06. The van der Waals surface area contributed by atoms with E-state index in [2.05, 4.69) is 10.3 Å². The maximum atomic E-state index is 11.8. The highest BCUT2D eigenvalue weighted by molar-refractivity contribution is 7.13. The van der Waals surface area contributed by atoms with Gasteiger partial charge in [0.05, 0.1) is 22.0 Å². The Labute approximate surface area is 129 Å². The standard InChI is InChI=1S/C13H12ClN3O3S/c1-7-6-21-13(16-7)17-11(18)5-20-12(19)8-2-3-9(14)10(15)4-8/h2-4,6H,5,15H2,1H3,(H,16,17,18). The number of nitrogens with one attached hydrogen (secondary N) is 1. The molecule has 6 nitrogen and oxygen atoms in total. The van der Waals surface area contributed by atoms with Crippen molar-refractivity contribution in [3.05, 3.63) is 39.9 Å². The van der Waals surface area contributed by atoms with E-state index in [-0.39, 0.29) is 11.3 Å². The molecule has 21 heavy (non-hydrogen) atoms. The van der Waals surface area contributed by atoms with Gasteiger partial charge in [0, 0.05) is 5.38 Å². The van der Waals surface area contributed by atoms with E-state index in [9.17, 15) is 9.59 Å². The van der Waals surface area contributed by atoms with E-state index in [1.165, 1.54) is 29.5 Å². The molecule has 0 unspecified atom stereocenters. The Morgan fingerprint density at radius 1 is 1.48 bits per heavy atom. The van der Waals surface area contributed by atoms with E-state index < -0.39 is 18.5 Å². The number of amides is 1. The minimum Gasteiger partial charge on any atom is -0.452 e. The zero-order chi connectivity index (χ0) is 15.4. The molecule has 0 atom stereocenters. The average Bonchev–Trinajstić information content (AvgIpc) is 2.84. The van der Waals surface area contributed by atoms with Crippen molar-refractivity contribution in [3.8, 4) is 0 Å². The van der Waals surface area contributed by atoms with Crippen LogP contribution in [0.15, 0.2) is 23.6 Å². The summed E-state index contributed by atoms with van der Waals surface area (Å²) >= 11 is 7.06. The SMILES string of the molecule is Cc1csc(NC(=O)COC(=O)c2ccc(Cl)c(N)c2)n1. The van der Waals surface area contributed by atoms with Gasteiger partial charge in [-0.1, -0.05) is 11.6 Å². The number of nitrogens with two attached hydrogens (primary N) is 1. The lowest BCUT2D eigenvalue weighted by atomic mass is 10.2. The zero-order valence-electron chi connectivity index (χ0n) is 11.1. The predicted molar refractivity (Wildman–Crippen MR) is 81.6 cm³/mol. The third-order valence-electron chi connectivity index (χ3n) is 2.43. The predicted octanol–water partition coefficient (Wildman–Crippen LogP) is 2.48.